The minimum atomic E-state index is -0.0900. The molecular formula is C9H14BrN3O. The van der Waals surface area contributed by atoms with Crippen LogP contribution in [-0.4, -0.2) is 28.0 Å². The predicted octanol–water partition coefficient (Wildman–Crippen LogP) is 1.56. The SMILES string of the molecule is CC(C)(CBr)CNC(=O)c1cn[nH]c1. The third kappa shape index (κ3) is 3.14. The van der Waals surface area contributed by atoms with E-state index in [0.717, 1.165) is 5.33 Å². The molecular weight excluding hydrogens is 246 g/mol. The lowest BCUT2D eigenvalue weighted by atomic mass is 9.97. The Morgan fingerprint density at radius 2 is 2.43 bits per heavy atom. The Hall–Kier alpha value is -0.840. The zero-order valence-corrected chi connectivity index (χ0v) is 9.89. The van der Waals surface area contributed by atoms with Crippen LogP contribution in [-0.2, 0) is 0 Å². The number of hydrogen-bond acceptors (Lipinski definition) is 2. The average molecular weight is 260 g/mol. The number of rotatable bonds is 4. The summed E-state index contributed by atoms with van der Waals surface area (Å²) in [6.07, 6.45) is 3.09. The monoisotopic (exact) mass is 259 g/mol. The van der Waals surface area contributed by atoms with Crippen molar-refractivity contribution in [3.05, 3.63) is 18.0 Å². The highest BCUT2D eigenvalue weighted by Crippen LogP contribution is 2.16. The van der Waals surface area contributed by atoms with Crippen molar-refractivity contribution in [2.45, 2.75) is 13.8 Å². The highest BCUT2D eigenvalue weighted by molar-refractivity contribution is 9.09. The molecule has 0 saturated carbocycles. The Kier molecular flexibility index (Phi) is 3.69. The van der Waals surface area contributed by atoms with Crippen LogP contribution in [0.2, 0.25) is 0 Å². The van der Waals surface area contributed by atoms with Crippen molar-refractivity contribution >= 4 is 21.8 Å². The standard InChI is InChI=1S/C9H14BrN3O/c1-9(2,5-10)6-11-8(14)7-3-12-13-4-7/h3-4H,5-6H2,1-2H3,(H,11,14)(H,12,13). The number of nitrogens with one attached hydrogen (secondary N) is 2. The number of alkyl halides is 1. The van der Waals surface area contributed by atoms with E-state index in [1.165, 1.54) is 6.20 Å². The van der Waals surface area contributed by atoms with Crippen LogP contribution >= 0.6 is 15.9 Å². The molecule has 0 atom stereocenters. The molecule has 0 aromatic carbocycles. The van der Waals surface area contributed by atoms with E-state index < -0.39 is 0 Å². The normalized spacial score (nSPS) is 11.4. The summed E-state index contributed by atoms with van der Waals surface area (Å²) in [5.74, 6) is -0.0900. The Bertz CT molecular complexity index is 295. The zero-order valence-electron chi connectivity index (χ0n) is 8.30. The molecule has 1 aromatic heterocycles. The van der Waals surface area contributed by atoms with Crippen LogP contribution in [0.5, 0.6) is 0 Å². The minimum Gasteiger partial charge on any atom is -0.351 e. The van der Waals surface area contributed by atoms with Crippen LogP contribution in [0, 0.1) is 5.41 Å². The molecule has 0 aliphatic rings. The van der Waals surface area contributed by atoms with Gasteiger partial charge in [-0.15, -0.1) is 0 Å². The van der Waals surface area contributed by atoms with Crippen molar-refractivity contribution in [2.75, 3.05) is 11.9 Å². The molecule has 0 bridgehead atoms. The smallest absolute Gasteiger partial charge is 0.254 e. The molecule has 1 aromatic rings. The fourth-order valence-corrected chi connectivity index (χ4v) is 1.04. The summed E-state index contributed by atoms with van der Waals surface area (Å²) in [6.45, 7) is 4.80. The molecule has 2 N–H and O–H groups in total. The first-order valence-electron chi connectivity index (χ1n) is 4.38. The maximum absolute atomic E-state index is 11.5. The molecule has 1 amide bonds. The Balaban J connectivity index is 2.43. The third-order valence-corrected chi connectivity index (χ3v) is 3.37. The van der Waals surface area contributed by atoms with E-state index in [1.807, 2.05) is 0 Å². The van der Waals surface area contributed by atoms with Gasteiger partial charge in [0.25, 0.3) is 5.91 Å². The lowest BCUT2D eigenvalue weighted by molar-refractivity contribution is 0.0940. The lowest BCUT2D eigenvalue weighted by Gasteiger charge is -2.21. The number of carbonyl (C=O) groups is 1. The van der Waals surface area contributed by atoms with E-state index in [0.29, 0.717) is 12.1 Å². The summed E-state index contributed by atoms with van der Waals surface area (Å²) in [6, 6.07) is 0. The van der Waals surface area contributed by atoms with Gasteiger partial charge in [0.15, 0.2) is 0 Å². The fraction of sp³-hybridized carbons (Fsp3) is 0.556. The van der Waals surface area contributed by atoms with E-state index in [2.05, 4.69) is 45.3 Å². The number of hydrogen-bond donors (Lipinski definition) is 2. The molecule has 1 heterocycles. The van der Waals surface area contributed by atoms with Gasteiger partial charge in [-0.2, -0.15) is 5.10 Å². The third-order valence-electron chi connectivity index (χ3n) is 1.85. The minimum absolute atomic E-state index is 0.0688. The van der Waals surface area contributed by atoms with E-state index in [9.17, 15) is 4.79 Å². The topological polar surface area (TPSA) is 57.8 Å². The van der Waals surface area contributed by atoms with Crippen molar-refractivity contribution in [3.63, 3.8) is 0 Å². The molecule has 5 heteroatoms. The highest BCUT2D eigenvalue weighted by Gasteiger charge is 2.17. The van der Waals surface area contributed by atoms with Crippen molar-refractivity contribution in [1.82, 2.24) is 15.5 Å². The van der Waals surface area contributed by atoms with Gasteiger partial charge in [0.2, 0.25) is 0 Å². The van der Waals surface area contributed by atoms with Crippen LogP contribution < -0.4 is 5.32 Å². The van der Waals surface area contributed by atoms with E-state index in [1.54, 1.807) is 6.20 Å². The van der Waals surface area contributed by atoms with E-state index >= 15 is 0 Å². The molecule has 0 aliphatic heterocycles. The van der Waals surface area contributed by atoms with Crippen molar-refractivity contribution in [2.24, 2.45) is 5.41 Å². The summed E-state index contributed by atoms with van der Waals surface area (Å²) in [5.41, 5.74) is 0.634. The van der Waals surface area contributed by atoms with Gasteiger partial charge in [0, 0.05) is 18.1 Å². The molecule has 1 rings (SSSR count). The number of H-pyrrole nitrogens is 1. The largest absolute Gasteiger partial charge is 0.351 e. The second kappa shape index (κ2) is 4.59. The molecule has 0 fully saturated rings. The first kappa shape index (κ1) is 11.2. The maximum atomic E-state index is 11.5. The predicted molar refractivity (Wildman–Crippen MR) is 58.5 cm³/mol. The van der Waals surface area contributed by atoms with Crippen LogP contribution in [0.1, 0.15) is 24.2 Å². The first-order chi connectivity index (χ1) is 6.55. The van der Waals surface area contributed by atoms with Gasteiger partial charge in [0.05, 0.1) is 11.8 Å². The summed E-state index contributed by atoms with van der Waals surface area (Å²) >= 11 is 3.40. The first-order valence-corrected chi connectivity index (χ1v) is 5.50. The van der Waals surface area contributed by atoms with E-state index in [-0.39, 0.29) is 11.3 Å². The molecule has 78 valence electrons. The molecule has 0 aliphatic carbocycles. The van der Waals surface area contributed by atoms with Crippen molar-refractivity contribution < 1.29 is 4.79 Å². The quantitative estimate of drug-likeness (QED) is 0.807. The van der Waals surface area contributed by atoms with E-state index in [4.69, 9.17) is 0 Å². The van der Waals surface area contributed by atoms with Crippen LogP contribution in [0.4, 0.5) is 0 Å². The highest BCUT2D eigenvalue weighted by atomic mass is 79.9. The second-order valence-corrected chi connectivity index (χ2v) is 4.53. The van der Waals surface area contributed by atoms with Gasteiger partial charge >= 0.3 is 0 Å². The van der Waals surface area contributed by atoms with Gasteiger partial charge in [-0.3, -0.25) is 9.89 Å². The fourth-order valence-electron chi connectivity index (χ4n) is 0.844. The van der Waals surface area contributed by atoms with Crippen LogP contribution in [0.25, 0.3) is 0 Å². The number of nitrogens with zero attached hydrogens (tertiary/aromatic N) is 1. The zero-order chi connectivity index (χ0) is 10.6. The number of carbonyl (C=O) groups excluding carboxylic acids is 1. The van der Waals surface area contributed by atoms with Gasteiger partial charge in [0.1, 0.15) is 0 Å². The lowest BCUT2D eigenvalue weighted by Crippen LogP contribution is -2.34. The maximum Gasteiger partial charge on any atom is 0.254 e. The number of aromatic nitrogens is 2. The molecule has 0 radical (unpaired) electrons. The summed E-state index contributed by atoms with van der Waals surface area (Å²) in [5, 5.41) is 10.0. The average Bonchev–Trinajstić information content (AvgIpc) is 2.67. The summed E-state index contributed by atoms with van der Waals surface area (Å²) in [4.78, 5) is 11.5. The van der Waals surface area contributed by atoms with Gasteiger partial charge in [-0.25, -0.2) is 0 Å². The number of aromatic amines is 1. The van der Waals surface area contributed by atoms with Crippen LogP contribution in [0.3, 0.4) is 0 Å². The number of amides is 1. The van der Waals surface area contributed by atoms with Crippen molar-refractivity contribution in [3.8, 4) is 0 Å². The van der Waals surface area contributed by atoms with Crippen LogP contribution in [0.15, 0.2) is 12.4 Å². The van der Waals surface area contributed by atoms with Gasteiger partial charge in [-0.1, -0.05) is 29.8 Å². The van der Waals surface area contributed by atoms with Gasteiger partial charge < -0.3 is 5.32 Å². The molecule has 4 nitrogen and oxygen atoms in total. The van der Waals surface area contributed by atoms with Crippen molar-refractivity contribution in [1.29, 1.82) is 0 Å². The molecule has 14 heavy (non-hydrogen) atoms. The molecule has 0 unspecified atom stereocenters. The molecule has 0 spiro atoms. The Morgan fingerprint density at radius 3 is 2.93 bits per heavy atom. The summed E-state index contributed by atoms with van der Waals surface area (Å²) < 4.78 is 0. The number of halogens is 1. The Labute approximate surface area is 91.6 Å². The Morgan fingerprint density at radius 1 is 1.71 bits per heavy atom. The summed E-state index contributed by atoms with van der Waals surface area (Å²) in [7, 11) is 0. The van der Waals surface area contributed by atoms with Gasteiger partial charge in [-0.05, 0) is 5.41 Å². The second-order valence-electron chi connectivity index (χ2n) is 3.97. The molecule has 0 saturated heterocycles.